The van der Waals surface area contributed by atoms with Gasteiger partial charge >= 0.3 is 0 Å². The first kappa shape index (κ1) is 13.0. The van der Waals surface area contributed by atoms with Crippen molar-refractivity contribution in [1.82, 2.24) is 19.6 Å². The second kappa shape index (κ2) is 5.17. The number of benzene rings is 1. The largest absolute Gasteiger partial charge is 0.363 e. The zero-order valence-electron chi connectivity index (χ0n) is 11.2. The highest BCUT2D eigenvalue weighted by Crippen LogP contribution is 2.15. The SMILES string of the molecule is Cc1nnc2c(NCc3ccc(C#N)cc3F)nccn12. The minimum Gasteiger partial charge on any atom is -0.363 e. The van der Waals surface area contributed by atoms with E-state index >= 15 is 0 Å². The Hall–Kier alpha value is -3.01. The number of rotatable bonds is 3. The van der Waals surface area contributed by atoms with E-state index in [1.807, 2.05) is 13.0 Å². The molecule has 1 aromatic carbocycles. The van der Waals surface area contributed by atoms with Crippen molar-refractivity contribution in [3.8, 4) is 6.07 Å². The average molecular weight is 282 g/mol. The predicted octanol–water partition coefficient (Wildman–Crippen LogP) is 2.06. The van der Waals surface area contributed by atoms with Crippen molar-refractivity contribution >= 4 is 11.5 Å². The first-order valence-electron chi connectivity index (χ1n) is 6.28. The van der Waals surface area contributed by atoms with E-state index in [2.05, 4.69) is 20.5 Å². The molecule has 2 aromatic heterocycles. The molecule has 0 saturated heterocycles. The molecule has 0 radical (unpaired) electrons. The fourth-order valence-corrected chi connectivity index (χ4v) is 2.01. The Morgan fingerprint density at radius 1 is 1.38 bits per heavy atom. The number of nitriles is 1. The molecule has 0 unspecified atom stereocenters. The quantitative estimate of drug-likeness (QED) is 0.795. The van der Waals surface area contributed by atoms with Crippen LogP contribution in [0.4, 0.5) is 10.2 Å². The van der Waals surface area contributed by atoms with E-state index in [4.69, 9.17) is 5.26 Å². The summed E-state index contributed by atoms with van der Waals surface area (Å²) in [6.07, 6.45) is 3.39. The fraction of sp³-hybridized carbons (Fsp3) is 0.143. The van der Waals surface area contributed by atoms with Crippen molar-refractivity contribution < 1.29 is 4.39 Å². The molecule has 0 aliphatic carbocycles. The van der Waals surface area contributed by atoms with Gasteiger partial charge in [0.15, 0.2) is 5.82 Å². The summed E-state index contributed by atoms with van der Waals surface area (Å²) < 4.78 is 15.6. The zero-order chi connectivity index (χ0) is 14.8. The molecular weight excluding hydrogens is 271 g/mol. The van der Waals surface area contributed by atoms with E-state index < -0.39 is 5.82 Å². The summed E-state index contributed by atoms with van der Waals surface area (Å²) in [6.45, 7) is 2.08. The first-order valence-corrected chi connectivity index (χ1v) is 6.28. The number of aromatic nitrogens is 4. The number of nitrogens with one attached hydrogen (secondary N) is 1. The van der Waals surface area contributed by atoms with Crippen LogP contribution in [-0.4, -0.2) is 19.6 Å². The monoisotopic (exact) mass is 282 g/mol. The van der Waals surface area contributed by atoms with Gasteiger partial charge < -0.3 is 5.32 Å². The van der Waals surface area contributed by atoms with Gasteiger partial charge in [-0.05, 0) is 19.1 Å². The molecule has 0 atom stereocenters. The smallest absolute Gasteiger partial charge is 0.203 e. The molecule has 0 aliphatic rings. The summed E-state index contributed by atoms with van der Waals surface area (Å²) in [4.78, 5) is 4.19. The highest BCUT2D eigenvalue weighted by molar-refractivity contribution is 5.62. The third-order valence-electron chi connectivity index (χ3n) is 3.13. The lowest BCUT2D eigenvalue weighted by Crippen LogP contribution is -2.05. The number of nitrogens with zero attached hydrogens (tertiary/aromatic N) is 5. The van der Waals surface area contributed by atoms with Gasteiger partial charge in [-0.3, -0.25) is 4.40 Å². The van der Waals surface area contributed by atoms with Crippen LogP contribution in [0, 0.1) is 24.1 Å². The Labute approximate surface area is 119 Å². The van der Waals surface area contributed by atoms with Crippen LogP contribution in [0.25, 0.3) is 5.65 Å². The molecule has 0 aliphatic heterocycles. The van der Waals surface area contributed by atoms with Crippen LogP contribution in [0.15, 0.2) is 30.6 Å². The number of hydrogen-bond donors (Lipinski definition) is 1. The number of fused-ring (bicyclic) bond motifs is 1. The lowest BCUT2D eigenvalue weighted by molar-refractivity contribution is 0.612. The van der Waals surface area contributed by atoms with Gasteiger partial charge in [-0.25, -0.2) is 9.37 Å². The van der Waals surface area contributed by atoms with Crippen molar-refractivity contribution in [3.05, 3.63) is 53.4 Å². The van der Waals surface area contributed by atoms with Crippen LogP contribution in [-0.2, 0) is 6.54 Å². The molecule has 3 aromatic rings. The van der Waals surface area contributed by atoms with Crippen LogP contribution in [0.3, 0.4) is 0 Å². The van der Waals surface area contributed by atoms with E-state index in [1.54, 1.807) is 28.9 Å². The van der Waals surface area contributed by atoms with E-state index in [0.29, 0.717) is 22.6 Å². The fourth-order valence-electron chi connectivity index (χ4n) is 2.01. The summed E-state index contributed by atoms with van der Waals surface area (Å²) in [5.41, 5.74) is 1.34. The average Bonchev–Trinajstić information content (AvgIpc) is 2.88. The summed E-state index contributed by atoms with van der Waals surface area (Å²) in [5, 5.41) is 19.8. The predicted molar refractivity (Wildman–Crippen MR) is 74.0 cm³/mol. The highest BCUT2D eigenvalue weighted by Gasteiger charge is 2.09. The molecular formula is C14H11FN6. The lowest BCUT2D eigenvalue weighted by atomic mass is 10.1. The first-order chi connectivity index (χ1) is 10.2. The van der Waals surface area contributed by atoms with Gasteiger partial charge in [-0.2, -0.15) is 5.26 Å². The van der Waals surface area contributed by atoms with E-state index in [-0.39, 0.29) is 6.54 Å². The van der Waals surface area contributed by atoms with Gasteiger partial charge in [-0.15, -0.1) is 10.2 Å². The second-order valence-corrected chi connectivity index (χ2v) is 4.49. The number of anilines is 1. The molecule has 0 fully saturated rings. The maximum absolute atomic E-state index is 13.8. The number of halogens is 1. The standard InChI is InChI=1S/C14H11FN6/c1-9-19-20-14-13(17-4-5-21(9)14)18-8-11-3-2-10(7-16)6-12(11)15/h2-6H,8H2,1H3,(H,17,18). The van der Waals surface area contributed by atoms with E-state index in [0.717, 1.165) is 5.82 Å². The molecule has 0 bridgehead atoms. The Kier molecular flexibility index (Phi) is 3.20. The van der Waals surface area contributed by atoms with Crippen LogP contribution >= 0.6 is 0 Å². The minimum absolute atomic E-state index is 0.246. The topological polar surface area (TPSA) is 78.9 Å². The maximum Gasteiger partial charge on any atom is 0.203 e. The Morgan fingerprint density at radius 2 is 2.24 bits per heavy atom. The van der Waals surface area contributed by atoms with Crippen LogP contribution in [0.2, 0.25) is 0 Å². The Bertz CT molecular complexity index is 848. The molecule has 0 spiro atoms. The van der Waals surface area contributed by atoms with Crippen LogP contribution < -0.4 is 5.32 Å². The summed E-state index contributed by atoms with van der Waals surface area (Å²) in [5.74, 6) is 0.855. The molecule has 6 nitrogen and oxygen atoms in total. The van der Waals surface area contributed by atoms with Gasteiger partial charge in [0.05, 0.1) is 11.6 Å². The maximum atomic E-state index is 13.8. The van der Waals surface area contributed by atoms with Crippen molar-refractivity contribution in [1.29, 1.82) is 5.26 Å². The van der Waals surface area contributed by atoms with Crippen molar-refractivity contribution in [3.63, 3.8) is 0 Å². The van der Waals surface area contributed by atoms with Crippen molar-refractivity contribution in [2.75, 3.05) is 5.32 Å². The Morgan fingerprint density at radius 3 is 3.00 bits per heavy atom. The lowest BCUT2D eigenvalue weighted by Gasteiger charge is -2.07. The Balaban J connectivity index is 1.85. The summed E-state index contributed by atoms with van der Waals surface area (Å²) >= 11 is 0. The second-order valence-electron chi connectivity index (χ2n) is 4.49. The van der Waals surface area contributed by atoms with Crippen LogP contribution in [0.1, 0.15) is 17.0 Å². The van der Waals surface area contributed by atoms with E-state index in [9.17, 15) is 4.39 Å². The highest BCUT2D eigenvalue weighted by atomic mass is 19.1. The molecule has 104 valence electrons. The minimum atomic E-state index is -0.425. The normalized spacial score (nSPS) is 10.5. The third-order valence-corrected chi connectivity index (χ3v) is 3.13. The van der Waals surface area contributed by atoms with Crippen molar-refractivity contribution in [2.24, 2.45) is 0 Å². The summed E-state index contributed by atoms with van der Waals surface area (Å²) in [7, 11) is 0. The zero-order valence-corrected chi connectivity index (χ0v) is 11.2. The number of hydrogen-bond acceptors (Lipinski definition) is 5. The molecule has 21 heavy (non-hydrogen) atoms. The molecule has 0 amide bonds. The van der Waals surface area contributed by atoms with Crippen molar-refractivity contribution in [2.45, 2.75) is 13.5 Å². The van der Waals surface area contributed by atoms with Gasteiger partial charge in [0.1, 0.15) is 11.6 Å². The molecule has 0 saturated carbocycles. The van der Waals surface area contributed by atoms with Gasteiger partial charge in [0, 0.05) is 24.5 Å². The molecule has 2 heterocycles. The van der Waals surface area contributed by atoms with Crippen LogP contribution in [0.5, 0.6) is 0 Å². The molecule has 1 N–H and O–H groups in total. The number of aryl methyl sites for hydroxylation is 1. The van der Waals surface area contributed by atoms with Gasteiger partial charge in [0.2, 0.25) is 5.65 Å². The van der Waals surface area contributed by atoms with Gasteiger partial charge in [0.25, 0.3) is 0 Å². The third kappa shape index (κ3) is 2.39. The summed E-state index contributed by atoms with van der Waals surface area (Å²) in [6, 6.07) is 6.27. The van der Waals surface area contributed by atoms with E-state index in [1.165, 1.54) is 6.07 Å². The van der Waals surface area contributed by atoms with Gasteiger partial charge in [-0.1, -0.05) is 6.07 Å². The molecule has 3 rings (SSSR count). The molecule has 7 heteroatoms.